The van der Waals surface area contributed by atoms with Crippen molar-refractivity contribution in [1.82, 2.24) is 10.2 Å². The first-order valence-corrected chi connectivity index (χ1v) is 8.92. The number of rotatable bonds is 5. The summed E-state index contributed by atoms with van der Waals surface area (Å²) in [7, 11) is 0. The van der Waals surface area contributed by atoms with Gasteiger partial charge in [-0.15, -0.1) is 0 Å². The zero-order valence-electron chi connectivity index (χ0n) is 13.7. The molecule has 1 amide bonds. The number of nitrogens with zero attached hydrogens (tertiary/aromatic N) is 1. The van der Waals surface area contributed by atoms with Gasteiger partial charge in [0.15, 0.2) is 0 Å². The summed E-state index contributed by atoms with van der Waals surface area (Å²) in [5.41, 5.74) is 0.958. The fourth-order valence-electron chi connectivity index (χ4n) is 3.60. The molecule has 1 atom stereocenters. The molecular formula is C18H25ClN2O2. The van der Waals surface area contributed by atoms with Crippen molar-refractivity contribution in [3.8, 4) is 0 Å². The molecule has 0 spiro atoms. The standard InChI is InChI=1S/C18H25ClN2O2/c1-2-16(21-10-12-23-13-11-21)17(22)20-18(8-3-9-18)14-4-6-15(19)7-5-14/h4-7,16H,2-3,8-13H2,1H3,(H,20,22)/t16-/m0/s1. The van der Waals surface area contributed by atoms with E-state index in [1.54, 1.807) is 0 Å². The first-order chi connectivity index (χ1) is 11.1. The van der Waals surface area contributed by atoms with E-state index < -0.39 is 0 Å². The number of nitrogens with one attached hydrogen (secondary N) is 1. The zero-order chi connectivity index (χ0) is 16.3. The first-order valence-electron chi connectivity index (χ1n) is 8.54. The highest BCUT2D eigenvalue weighted by molar-refractivity contribution is 6.30. The Bertz CT molecular complexity index is 536. The van der Waals surface area contributed by atoms with Crippen molar-refractivity contribution in [1.29, 1.82) is 0 Å². The Morgan fingerprint density at radius 2 is 1.96 bits per heavy atom. The van der Waals surface area contributed by atoms with Crippen molar-refractivity contribution in [3.63, 3.8) is 0 Å². The molecule has 4 nitrogen and oxygen atoms in total. The normalized spacial score (nSPS) is 22.2. The van der Waals surface area contributed by atoms with Gasteiger partial charge < -0.3 is 10.1 Å². The molecule has 1 heterocycles. The average Bonchev–Trinajstić information content (AvgIpc) is 2.54. The van der Waals surface area contributed by atoms with Crippen LogP contribution in [0.15, 0.2) is 24.3 Å². The lowest BCUT2D eigenvalue weighted by Gasteiger charge is -2.45. The SMILES string of the molecule is CC[C@@H](C(=O)NC1(c2ccc(Cl)cc2)CCC1)N1CCOCC1. The van der Waals surface area contributed by atoms with Crippen LogP contribution in [0.2, 0.25) is 5.02 Å². The van der Waals surface area contributed by atoms with Gasteiger partial charge in [0.25, 0.3) is 0 Å². The molecule has 3 rings (SSSR count). The summed E-state index contributed by atoms with van der Waals surface area (Å²) >= 11 is 6.00. The fourth-order valence-corrected chi connectivity index (χ4v) is 3.73. The zero-order valence-corrected chi connectivity index (χ0v) is 14.4. The summed E-state index contributed by atoms with van der Waals surface area (Å²) in [6.07, 6.45) is 3.97. The molecule has 2 fully saturated rings. The molecule has 5 heteroatoms. The number of carbonyl (C=O) groups excluding carboxylic acids is 1. The molecule has 0 aromatic heterocycles. The molecule has 1 aliphatic heterocycles. The first kappa shape index (κ1) is 16.7. The highest BCUT2D eigenvalue weighted by Gasteiger charge is 2.41. The number of amides is 1. The average molecular weight is 337 g/mol. The second kappa shape index (κ2) is 7.20. The Labute approximate surface area is 143 Å². The summed E-state index contributed by atoms with van der Waals surface area (Å²) < 4.78 is 5.40. The minimum atomic E-state index is -0.207. The van der Waals surface area contributed by atoms with Gasteiger partial charge in [-0.05, 0) is 43.4 Å². The highest BCUT2D eigenvalue weighted by atomic mass is 35.5. The van der Waals surface area contributed by atoms with E-state index in [0.717, 1.165) is 43.8 Å². The van der Waals surface area contributed by atoms with Crippen LogP contribution in [0.3, 0.4) is 0 Å². The number of carbonyl (C=O) groups is 1. The van der Waals surface area contributed by atoms with E-state index >= 15 is 0 Å². The van der Waals surface area contributed by atoms with Crippen LogP contribution in [0.4, 0.5) is 0 Å². The summed E-state index contributed by atoms with van der Waals surface area (Å²) in [5, 5.41) is 4.08. The van der Waals surface area contributed by atoms with Crippen LogP contribution in [-0.2, 0) is 15.1 Å². The third kappa shape index (κ3) is 3.54. The van der Waals surface area contributed by atoms with Crippen molar-refractivity contribution in [2.45, 2.75) is 44.2 Å². The van der Waals surface area contributed by atoms with E-state index in [-0.39, 0.29) is 17.5 Å². The molecule has 126 valence electrons. The molecule has 2 aliphatic rings. The molecule has 1 N–H and O–H groups in total. The number of hydrogen-bond acceptors (Lipinski definition) is 3. The Morgan fingerprint density at radius 3 is 2.48 bits per heavy atom. The van der Waals surface area contributed by atoms with E-state index in [1.807, 2.05) is 24.3 Å². The maximum absolute atomic E-state index is 12.9. The number of hydrogen-bond donors (Lipinski definition) is 1. The van der Waals surface area contributed by atoms with Crippen molar-refractivity contribution in [3.05, 3.63) is 34.9 Å². The van der Waals surface area contributed by atoms with Crippen molar-refractivity contribution in [2.75, 3.05) is 26.3 Å². The van der Waals surface area contributed by atoms with Gasteiger partial charge in [0, 0.05) is 18.1 Å². The Balaban J connectivity index is 1.72. The van der Waals surface area contributed by atoms with Crippen molar-refractivity contribution in [2.24, 2.45) is 0 Å². The third-order valence-corrected chi connectivity index (χ3v) is 5.39. The fraction of sp³-hybridized carbons (Fsp3) is 0.611. The van der Waals surface area contributed by atoms with Crippen LogP contribution < -0.4 is 5.32 Å². The molecule has 0 unspecified atom stereocenters. The molecule has 0 radical (unpaired) electrons. The van der Waals surface area contributed by atoms with Gasteiger partial charge in [0.1, 0.15) is 0 Å². The lowest BCUT2D eigenvalue weighted by molar-refractivity contribution is -0.131. The molecule has 1 aromatic rings. The lowest BCUT2D eigenvalue weighted by atomic mass is 9.71. The molecule has 23 heavy (non-hydrogen) atoms. The number of ether oxygens (including phenoxy) is 1. The molecular weight excluding hydrogens is 312 g/mol. The highest BCUT2D eigenvalue weighted by Crippen LogP contribution is 2.41. The minimum absolute atomic E-state index is 0.0660. The summed E-state index contributed by atoms with van der Waals surface area (Å²) in [4.78, 5) is 15.1. The maximum Gasteiger partial charge on any atom is 0.238 e. The van der Waals surface area contributed by atoms with Crippen LogP contribution in [0.25, 0.3) is 0 Å². The van der Waals surface area contributed by atoms with Gasteiger partial charge in [-0.3, -0.25) is 9.69 Å². The monoisotopic (exact) mass is 336 g/mol. The Hall–Kier alpha value is -1.10. The van der Waals surface area contributed by atoms with Crippen molar-refractivity contribution >= 4 is 17.5 Å². The van der Waals surface area contributed by atoms with Gasteiger partial charge in [-0.25, -0.2) is 0 Å². The topological polar surface area (TPSA) is 41.6 Å². The molecule has 1 saturated carbocycles. The van der Waals surface area contributed by atoms with E-state index in [1.165, 1.54) is 5.56 Å². The minimum Gasteiger partial charge on any atom is -0.379 e. The van der Waals surface area contributed by atoms with Crippen LogP contribution in [0, 0.1) is 0 Å². The van der Waals surface area contributed by atoms with Crippen LogP contribution in [0.5, 0.6) is 0 Å². The van der Waals surface area contributed by atoms with E-state index in [9.17, 15) is 4.79 Å². The predicted molar refractivity (Wildman–Crippen MR) is 91.6 cm³/mol. The second-order valence-electron chi connectivity index (χ2n) is 6.50. The van der Waals surface area contributed by atoms with Gasteiger partial charge in [0.2, 0.25) is 5.91 Å². The lowest BCUT2D eigenvalue weighted by Crippen LogP contribution is -2.58. The van der Waals surface area contributed by atoms with Gasteiger partial charge in [-0.2, -0.15) is 0 Å². The summed E-state index contributed by atoms with van der Waals surface area (Å²) in [6.45, 7) is 5.17. The molecule has 0 bridgehead atoms. The molecule has 1 aliphatic carbocycles. The number of halogens is 1. The van der Waals surface area contributed by atoms with Gasteiger partial charge in [-0.1, -0.05) is 30.7 Å². The predicted octanol–water partition coefficient (Wildman–Crippen LogP) is 2.95. The third-order valence-electron chi connectivity index (χ3n) is 5.14. The Morgan fingerprint density at radius 1 is 1.30 bits per heavy atom. The van der Waals surface area contributed by atoms with Crippen molar-refractivity contribution < 1.29 is 9.53 Å². The van der Waals surface area contributed by atoms with Gasteiger partial charge in [0.05, 0.1) is 24.8 Å². The smallest absolute Gasteiger partial charge is 0.238 e. The largest absolute Gasteiger partial charge is 0.379 e. The second-order valence-corrected chi connectivity index (χ2v) is 6.94. The van der Waals surface area contributed by atoms with Crippen LogP contribution in [-0.4, -0.2) is 43.2 Å². The molecule has 1 saturated heterocycles. The van der Waals surface area contributed by atoms with Crippen LogP contribution >= 0.6 is 11.6 Å². The maximum atomic E-state index is 12.9. The van der Waals surface area contributed by atoms with E-state index in [0.29, 0.717) is 13.2 Å². The molecule has 1 aromatic carbocycles. The number of morpholine rings is 1. The summed E-state index contributed by atoms with van der Waals surface area (Å²) in [5.74, 6) is 0.143. The quantitative estimate of drug-likeness (QED) is 0.898. The van der Waals surface area contributed by atoms with E-state index in [4.69, 9.17) is 16.3 Å². The summed E-state index contributed by atoms with van der Waals surface area (Å²) in [6, 6.07) is 7.82. The number of benzene rings is 1. The van der Waals surface area contributed by atoms with Gasteiger partial charge >= 0.3 is 0 Å². The Kier molecular flexibility index (Phi) is 5.24. The van der Waals surface area contributed by atoms with E-state index in [2.05, 4.69) is 17.1 Å². The van der Waals surface area contributed by atoms with Crippen LogP contribution in [0.1, 0.15) is 38.2 Å².